The van der Waals surface area contributed by atoms with Gasteiger partial charge in [-0.05, 0) is 149 Å². The Morgan fingerprint density at radius 2 is 1.74 bits per heavy atom. The van der Waals surface area contributed by atoms with Crippen LogP contribution in [-0.4, -0.2) is 140 Å². The number of nitrogens with two attached hydrogens (primary N) is 2. The van der Waals surface area contributed by atoms with Crippen molar-refractivity contribution < 1.29 is 73.9 Å². The number of benzene rings is 4. The second-order valence-corrected chi connectivity index (χ2v) is 25.1. The van der Waals surface area contributed by atoms with E-state index in [-0.39, 0.29) is 99.6 Å². The number of nitrogens with zero attached hydrogens (tertiary/aromatic N) is 1. The van der Waals surface area contributed by atoms with Gasteiger partial charge in [-0.2, -0.15) is 0 Å². The number of phenols is 1. The third-order valence-corrected chi connectivity index (χ3v) is 19.1. The lowest BCUT2D eigenvalue weighted by Gasteiger charge is -2.48. The molecule has 7 aliphatic rings. The van der Waals surface area contributed by atoms with Gasteiger partial charge < -0.3 is 76.8 Å². The van der Waals surface area contributed by atoms with Crippen molar-refractivity contribution in [1.82, 2.24) is 10.6 Å². The molecule has 0 radical (unpaired) electrons. The number of nitrogens with one attached hydrogen (secondary N) is 2. The number of hydrogen-bond acceptors (Lipinski definition) is 20. The molecule has 462 valence electrons. The topological polar surface area (TPSA) is 335 Å². The lowest BCUT2D eigenvalue weighted by Crippen LogP contribution is -2.68. The summed E-state index contributed by atoms with van der Waals surface area (Å²) >= 11 is 0. The van der Waals surface area contributed by atoms with E-state index in [1.54, 1.807) is 24.3 Å². The van der Waals surface area contributed by atoms with Crippen molar-refractivity contribution >= 4 is 41.9 Å². The Bertz CT molecular complexity index is 3510. The maximum absolute atomic E-state index is 16.2. The molecule has 10 atom stereocenters. The maximum Gasteiger partial charge on any atom is 0.308 e. The molecule has 0 amide bonds. The van der Waals surface area contributed by atoms with Crippen LogP contribution in [0.15, 0.2) is 47.5 Å². The first kappa shape index (κ1) is 61.8. The summed E-state index contributed by atoms with van der Waals surface area (Å²) < 4.78 is 25.6. The molecular formula is C67H79N5O15. The molecule has 4 aromatic carbocycles. The Kier molecular flexibility index (Phi) is 17.7. The van der Waals surface area contributed by atoms with Crippen LogP contribution in [0.3, 0.4) is 0 Å². The fourth-order valence-electron chi connectivity index (χ4n) is 15.0. The maximum atomic E-state index is 16.2. The highest BCUT2D eigenvalue weighted by Crippen LogP contribution is 2.53. The van der Waals surface area contributed by atoms with Crippen LogP contribution in [0.2, 0.25) is 0 Å². The van der Waals surface area contributed by atoms with Gasteiger partial charge in [0.2, 0.25) is 12.1 Å². The smallest absolute Gasteiger partial charge is 0.308 e. The second kappa shape index (κ2) is 25.0. The summed E-state index contributed by atoms with van der Waals surface area (Å²) in [6.45, 7) is 2.08. The number of aliphatic imine (C=N–C) groups is 1. The van der Waals surface area contributed by atoms with Crippen LogP contribution in [0.4, 0.5) is 0 Å². The minimum absolute atomic E-state index is 0.0351. The highest BCUT2D eigenvalue weighted by atomic mass is 16.7. The number of hydrogen-bond donors (Lipinski definition) is 11. The highest BCUT2D eigenvalue weighted by molar-refractivity contribution is 6.32. The quantitative estimate of drug-likeness (QED) is 0.0271. The van der Waals surface area contributed by atoms with Crippen LogP contribution in [0, 0.1) is 23.7 Å². The van der Waals surface area contributed by atoms with Gasteiger partial charge in [0, 0.05) is 64.2 Å². The van der Waals surface area contributed by atoms with E-state index < -0.39 is 108 Å². The third-order valence-electron chi connectivity index (χ3n) is 19.1. The van der Waals surface area contributed by atoms with E-state index in [2.05, 4.69) is 27.5 Å². The summed E-state index contributed by atoms with van der Waals surface area (Å²) in [6, 6.07) is 10.6. The van der Waals surface area contributed by atoms with Gasteiger partial charge in [0.05, 0.1) is 48.7 Å². The van der Waals surface area contributed by atoms with Gasteiger partial charge in [0.25, 0.3) is 0 Å². The largest absolute Gasteiger partial charge is 0.507 e. The molecule has 2 saturated carbocycles. The van der Waals surface area contributed by atoms with E-state index in [1.807, 2.05) is 25.2 Å². The van der Waals surface area contributed by atoms with Crippen LogP contribution in [0.5, 0.6) is 17.2 Å². The number of carbonyl (C=O) groups is 4. The number of aliphatic hydroxyl groups is 6. The van der Waals surface area contributed by atoms with Gasteiger partial charge in [0.15, 0.2) is 29.9 Å². The molecule has 2 aliphatic heterocycles. The first-order valence-corrected chi connectivity index (χ1v) is 30.5. The van der Waals surface area contributed by atoms with E-state index >= 15 is 9.59 Å². The number of aldehydes is 1. The Morgan fingerprint density at radius 3 is 2.48 bits per heavy atom. The molecule has 1 spiro atoms. The number of rotatable bonds is 12. The summed E-state index contributed by atoms with van der Waals surface area (Å²) in [7, 11) is 1.85. The highest BCUT2D eigenvalue weighted by Gasteiger charge is 2.57. The Morgan fingerprint density at radius 1 is 0.954 bits per heavy atom. The third kappa shape index (κ3) is 11.9. The molecular weight excluding hydrogens is 1110 g/mol. The molecule has 3 fully saturated rings. The number of aliphatic hydroxyl groups excluding tert-OH is 3. The van der Waals surface area contributed by atoms with E-state index in [1.165, 1.54) is 19.1 Å². The molecule has 1 saturated heterocycles. The van der Waals surface area contributed by atoms with Crippen LogP contribution in [-0.2, 0) is 52.2 Å². The zero-order valence-corrected chi connectivity index (χ0v) is 49.4. The summed E-state index contributed by atoms with van der Waals surface area (Å²) in [5, 5.41) is 91.0. The van der Waals surface area contributed by atoms with Gasteiger partial charge in [0.1, 0.15) is 23.4 Å². The molecule has 5 aliphatic carbocycles. The molecule has 4 bridgehead atoms. The normalized spacial score (nSPS) is 28.1. The van der Waals surface area contributed by atoms with Crippen molar-refractivity contribution in [3.63, 3.8) is 0 Å². The summed E-state index contributed by atoms with van der Waals surface area (Å²) in [5.74, 6) is -0.783. The predicted molar refractivity (Wildman–Crippen MR) is 321 cm³/mol. The first-order chi connectivity index (χ1) is 41.7. The number of carbonyl (C=O) groups excluding carboxylic acids is 4. The summed E-state index contributed by atoms with van der Waals surface area (Å²) in [6.07, 6.45) is 3.97. The minimum atomic E-state index is -3.11. The van der Waals surface area contributed by atoms with Crippen molar-refractivity contribution in [2.45, 2.75) is 183 Å². The number of ether oxygens (including phenoxy) is 4. The van der Waals surface area contributed by atoms with E-state index in [0.29, 0.717) is 55.2 Å². The lowest BCUT2D eigenvalue weighted by molar-refractivity contribution is -0.379. The minimum Gasteiger partial charge on any atom is -0.507 e. The zero-order chi connectivity index (χ0) is 61.7. The summed E-state index contributed by atoms with van der Waals surface area (Å²) in [5.41, 5.74) is 12.3. The number of aromatic hydroxyl groups is 1. The van der Waals surface area contributed by atoms with Crippen LogP contribution >= 0.6 is 0 Å². The average Bonchev–Trinajstić information content (AvgIpc) is 0.835. The van der Waals surface area contributed by atoms with Gasteiger partial charge in [-0.1, -0.05) is 73.6 Å². The molecule has 10 unspecified atom stereocenters. The van der Waals surface area contributed by atoms with E-state index in [0.717, 1.165) is 63.0 Å². The predicted octanol–water partition coefficient (Wildman–Crippen LogP) is 4.43. The molecule has 0 aromatic heterocycles. The number of aryl methyl sites for hydroxylation is 1. The monoisotopic (exact) mass is 1190 g/mol. The standard InChI is InChI=1S/C67H79N5O15/c1-35-61(80)67(82,83)62(84-34-45-30-65(72-64(69)71-45)23-5-4-6-24-65)63(85-35)87-60-48-12-8-11-44(68)20-21-46(76)26-38-10-7-9-37(25-38)14-22-47-51(86-36(2)75)28-42(32-73)52-53(47)59(79)54(48)55(58(52)78)57(77)49(60)27-41-16-15-40-17-19-43-18-13-39(31-70-3)29-66(43,81)56(40)50(41)33-74/h7,9-10,14-16,22,25,28,33,35,39,43-46,61-63,70,73,76-77,80-83H,4-6,12-13,17-21,23-24,26-27,29-32,34,68H2,1-3H3,(H3,69,71,72). The molecule has 20 nitrogen and oxygen atoms in total. The SMILES string of the molecule is CNCC1CCC2CCc3ccc(Cc4c(O)c5c6c(c4OC4OC(C)C(O)C(O)(O)C4OCC4CC7(CCCCC7)NC(N)=N4)CC#CC(N)CCC(O)Cc4cccc(c4)C=Cc4c(OC(C)=O)cc(CO)c(c4C6=O)C5=O)c(C=O)c3C2(O)C1. The van der Waals surface area contributed by atoms with Crippen molar-refractivity contribution in [3.05, 3.63) is 120 Å². The Hall–Kier alpha value is -6.87. The fraction of sp³-hybridized carbons (Fsp3) is 0.507. The van der Waals surface area contributed by atoms with Gasteiger partial charge in [-0.15, -0.1) is 0 Å². The van der Waals surface area contributed by atoms with E-state index in [4.69, 9.17) is 30.4 Å². The van der Waals surface area contributed by atoms with Gasteiger partial charge in [-0.3, -0.25) is 19.2 Å². The van der Waals surface area contributed by atoms with Crippen molar-refractivity contribution in [1.29, 1.82) is 0 Å². The van der Waals surface area contributed by atoms with E-state index in [9.17, 15) is 45.3 Å². The molecule has 2 heterocycles. The number of esters is 1. The number of fused-ring (bicyclic) bond motifs is 5. The van der Waals surface area contributed by atoms with Crippen molar-refractivity contribution in [2.75, 3.05) is 20.2 Å². The molecule has 4 aromatic rings. The molecule has 20 heteroatoms. The molecule has 87 heavy (non-hydrogen) atoms. The number of ketones is 2. The summed E-state index contributed by atoms with van der Waals surface area (Å²) in [4.78, 5) is 63.5. The number of phenolic OH excluding ortho intramolecular Hbond substituents is 1. The van der Waals surface area contributed by atoms with Gasteiger partial charge >= 0.3 is 5.97 Å². The van der Waals surface area contributed by atoms with Gasteiger partial charge in [-0.25, -0.2) is 4.99 Å². The molecule has 13 N–H and O–H groups in total. The Labute approximate surface area is 505 Å². The van der Waals surface area contributed by atoms with Crippen molar-refractivity contribution in [3.8, 4) is 29.1 Å². The number of guanidine groups is 1. The zero-order valence-electron chi connectivity index (χ0n) is 49.4. The molecule has 11 rings (SSSR count). The average molecular weight is 1190 g/mol. The van der Waals surface area contributed by atoms with Crippen LogP contribution in [0.25, 0.3) is 12.2 Å². The lowest BCUT2D eigenvalue weighted by atomic mass is 9.61. The Balaban J connectivity index is 1.14. The fourth-order valence-corrected chi connectivity index (χ4v) is 15.0. The van der Waals surface area contributed by atoms with Crippen LogP contribution < -0.4 is 31.6 Å². The van der Waals surface area contributed by atoms with Crippen LogP contribution in [0.1, 0.15) is 183 Å². The first-order valence-electron chi connectivity index (χ1n) is 30.5. The second-order valence-electron chi connectivity index (χ2n) is 25.1. The van der Waals surface area contributed by atoms with Crippen molar-refractivity contribution in [2.24, 2.45) is 28.3 Å².